The Labute approximate surface area is 120 Å². The molecule has 0 aliphatic rings. The molecule has 0 aromatic heterocycles. The lowest BCUT2D eigenvalue weighted by molar-refractivity contribution is -0.159. The van der Waals surface area contributed by atoms with Gasteiger partial charge in [0.15, 0.2) is 0 Å². The van der Waals surface area contributed by atoms with Gasteiger partial charge in [-0.3, -0.25) is 4.52 Å². The van der Waals surface area contributed by atoms with Crippen LogP contribution in [-0.2, 0) is 18.6 Å². The lowest BCUT2D eigenvalue weighted by Gasteiger charge is -2.32. The van der Waals surface area contributed by atoms with Crippen molar-refractivity contribution in [3.8, 4) is 0 Å². The van der Waals surface area contributed by atoms with Crippen molar-refractivity contribution in [3.05, 3.63) is 12.7 Å². The first-order valence-corrected chi connectivity index (χ1v) is 8.37. The molecule has 6 nitrogen and oxygen atoms in total. The third-order valence-corrected chi connectivity index (χ3v) is 3.58. The van der Waals surface area contributed by atoms with Crippen LogP contribution in [0.5, 0.6) is 0 Å². The number of rotatable bonds is 11. The number of phosphoric acid groups is 1. The predicted molar refractivity (Wildman–Crippen MR) is 76.1 cm³/mol. The molecule has 20 heavy (non-hydrogen) atoms. The highest BCUT2D eigenvalue weighted by atomic mass is 31.2. The van der Waals surface area contributed by atoms with E-state index in [4.69, 9.17) is 14.5 Å². The van der Waals surface area contributed by atoms with Crippen molar-refractivity contribution in [2.45, 2.75) is 58.0 Å². The smallest absolute Gasteiger partial charge is 0.453 e. The number of esters is 1. The number of carbonyl (C=O) groups is 1. The lowest BCUT2D eigenvalue weighted by atomic mass is 9.93. The Morgan fingerprint density at radius 1 is 1.30 bits per heavy atom. The van der Waals surface area contributed by atoms with Gasteiger partial charge < -0.3 is 14.5 Å². The van der Waals surface area contributed by atoms with E-state index < -0.39 is 19.4 Å². The molecule has 0 heterocycles. The molecule has 0 aliphatic carbocycles. The quantitative estimate of drug-likeness (QED) is 0.264. The minimum absolute atomic E-state index is 0.320. The van der Waals surface area contributed by atoms with Crippen LogP contribution in [0.25, 0.3) is 0 Å². The van der Waals surface area contributed by atoms with E-state index in [2.05, 4.69) is 18.0 Å². The minimum atomic E-state index is -4.59. The Morgan fingerprint density at radius 2 is 1.95 bits per heavy atom. The largest absolute Gasteiger partial charge is 0.469 e. The summed E-state index contributed by atoms with van der Waals surface area (Å²) in [4.78, 5) is 29.0. The fourth-order valence-electron chi connectivity index (χ4n) is 1.83. The Balaban J connectivity index is 4.72. The summed E-state index contributed by atoms with van der Waals surface area (Å²) in [6.45, 7) is 6.88. The van der Waals surface area contributed by atoms with Crippen LogP contribution in [0.2, 0.25) is 0 Å². The molecule has 1 unspecified atom stereocenters. The molecule has 0 aromatic carbocycles. The van der Waals surface area contributed by atoms with E-state index in [0.29, 0.717) is 12.8 Å². The van der Waals surface area contributed by atoms with Gasteiger partial charge in [0.2, 0.25) is 0 Å². The zero-order valence-electron chi connectivity index (χ0n) is 12.2. The minimum Gasteiger partial charge on any atom is -0.453 e. The molecule has 0 amide bonds. The van der Waals surface area contributed by atoms with E-state index in [0.717, 1.165) is 31.8 Å². The zero-order chi connectivity index (χ0) is 15.6. The molecule has 7 heteroatoms. The highest BCUT2D eigenvalue weighted by Crippen LogP contribution is 2.39. The molecular weight excluding hydrogens is 283 g/mol. The number of hydrogen-bond donors (Lipinski definition) is 2. The maximum absolute atomic E-state index is 11.4. The van der Waals surface area contributed by atoms with Crippen molar-refractivity contribution in [3.63, 3.8) is 0 Å². The number of ether oxygens (including phenoxy) is 1. The maximum atomic E-state index is 11.4. The molecule has 0 aromatic rings. The SMILES string of the molecule is C=CC(=O)OC(CC)(CCCCCC)COP(=O)(O)O. The highest BCUT2D eigenvalue weighted by Gasteiger charge is 2.34. The molecular formula is C13H25O6P. The first-order chi connectivity index (χ1) is 9.28. The van der Waals surface area contributed by atoms with Crippen molar-refractivity contribution in [2.75, 3.05) is 6.61 Å². The van der Waals surface area contributed by atoms with Gasteiger partial charge in [0.25, 0.3) is 0 Å². The summed E-state index contributed by atoms with van der Waals surface area (Å²) in [5.41, 5.74) is -1.01. The number of phosphoric ester groups is 1. The van der Waals surface area contributed by atoms with Crippen molar-refractivity contribution in [1.82, 2.24) is 0 Å². The Bertz CT molecular complexity index is 351. The van der Waals surface area contributed by atoms with Gasteiger partial charge >= 0.3 is 13.8 Å². The molecule has 0 saturated carbocycles. The zero-order valence-corrected chi connectivity index (χ0v) is 13.1. The van der Waals surface area contributed by atoms with E-state index in [1.165, 1.54) is 0 Å². The fourth-order valence-corrected chi connectivity index (χ4v) is 2.24. The summed E-state index contributed by atoms with van der Waals surface area (Å²) >= 11 is 0. The van der Waals surface area contributed by atoms with Crippen LogP contribution in [0.1, 0.15) is 52.4 Å². The van der Waals surface area contributed by atoms with Crippen LogP contribution < -0.4 is 0 Å². The summed E-state index contributed by atoms with van der Waals surface area (Å²) in [6.07, 6.45) is 5.87. The second kappa shape index (κ2) is 9.29. The van der Waals surface area contributed by atoms with Gasteiger partial charge in [0, 0.05) is 6.08 Å². The van der Waals surface area contributed by atoms with Gasteiger partial charge in [-0.1, -0.05) is 39.7 Å². The second-order valence-corrected chi connectivity index (χ2v) is 5.98. The topological polar surface area (TPSA) is 93.1 Å². The van der Waals surface area contributed by atoms with Crippen molar-refractivity contribution in [2.24, 2.45) is 0 Å². The molecule has 0 saturated heterocycles. The van der Waals surface area contributed by atoms with Crippen LogP contribution in [-0.4, -0.2) is 28.0 Å². The molecule has 0 rings (SSSR count). The summed E-state index contributed by atoms with van der Waals surface area (Å²) in [7, 11) is -4.59. The van der Waals surface area contributed by atoms with Crippen molar-refractivity contribution in [1.29, 1.82) is 0 Å². The van der Waals surface area contributed by atoms with Crippen LogP contribution >= 0.6 is 7.82 Å². The van der Waals surface area contributed by atoms with Gasteiger partial charge in [0.1, 0.15) is 5.60 Å². The van der Waals surface area contributed by atoms with E-state index in [9.17, 15) is 9.36 Å². The molecule has 0 radical (unpaired) electrons. The third kappa shape index (κ3) is 8.48. The highest BCUT2D eigenvalue weighted by molar-refractivity contribution is 7.46. The fraction of sp³-hybridized carbons (Fsp3) is 0.769. The van der Waals surface area contributed by atoms with Gasteiger partial charge in [-0.2, -0.15) is 0 Å². The Morgan fingerprint density at radius 3 is 2.40 bits per heavy atom. The van der Waals surface area contributed by atoms with E-state index in [1.54, 1.807) is 6.92 Å². The molecule has 0 bridgehead atoms. The van der Waals surface area contributed by atoms with Crippen LogP contribution in [0.3, 0.4) is 0 Å². The molecule has 2 N–H and O–H groups in total. The van der Waals surface area contributed by atoms with Gasteiger partial charge in [-0.05, 0) is 19.3 Å². The lowest BCUT2D eigenvalue weighted by Crippen LogP contribution is -2.39. The van der Waals surface area contributed by atoms with E-state index in [1.807, 2.05) is 0 Å². The van der Waals surface area contributed by atoms with Crippen molar-refractivity contribution < 1.29 is 28.4 Å². The maximum Gasteiger partial charge on any atom is 0.469 e. The molecule has 0 aliphatic heterocycles. The van der Waals surface area contributed by atoms with Gasteiger partial charge in [-0.25, -0.2) is 9.36 Å². The standard InChI is InChI=1S/C13H25O6P/c1-4-7-8-9-10-13(6-3,19-12(14)5-2)11-18-20(15,16)17/h5H,2,4,6-11H2,1,3H3,(H2,15,16,17). The average molecular weight is 308 g/mol. The van der Waals surface area contributed by atoms with Crippen molar-refractivity contribution >= 4 is 13.8 Å². The van der Waals surface area contributed by atoms with E-state index >= 15 is 0 Å². The monoisotopic (exact) mass is 308 g/mol. The first-order valence-electron chi connectivity index (χ1n) is 6.84. The Hall–Kier alpha value is -0.680. The number of unbranched alkanes of at least 4 members (excludes halogenated alkanes) is 3. The van der Waals surface area contributed by atoms with E-state index in [-0.39, 0.29) is 6.61 Å². The number of carbonyl (C=O) groups excluding carboxylic acids is 1. The molecule has 1 atom stereocenters. The van der Waals surface area contributed by atoms with Crippen LogP contribution in [0.15, 0.2) is 12.7 Å². The molecule has 0 spiro atoms. The molecule has 0 fully saturated rings. The summed E-state index contributed by atoms with van der Waals surface area (Å²) in [5.74, 6) is -0.614. The third-order valence-electron chi connectivity index (χ3n) is 3.11. The first kappa shape index (κ1) is 19.3. The Kier molecular flexibility index (Phi) is 8.98. The van der Waals surface area contributed by atoms with Crippen LogP contribution in [0, 0.1) is 0 Å². The van der Waals surface area contributed by atoms with Crippen LogP contribution in [0.4, 0.5) is 0 Å². The average Bonchev–Trinajstić information content (AvgIpc) is 2.39. The summed E-state index contributed by atoms with van der Waals surface area (Å²) in [5, 5.41) is 0. The van der Waals surface area contributed by atoms with Gasteiger partial charge in [-0.15, -0.1) is 0 Å². The molecule has 118 valence electrons. The second-order valence-electron chi connectivity index (χ2n) is 4.74. The summed E-state index contributed by atoms with van der Waals surface area (Å²) in [6, 6.07) is 0. The summed E-state index contributed by atoms with van der Waals surface area (Å²) < 4.78 is 20.7. The normalized spacial score (nSPS) is 14.6. The van der Waals surface area contributed by atoms with Gasteiger partial charge in [0.05, 0.1) is 6.61 Å². The predicted octanol–water partition coefficient (Wildman–Crippen LogP) is 2.94. The number of hydrogen-bond acceptors (Lipinski definition) is 4.